The van der Waals surface area contributed by atoms with E-state index in [4.69, 9.17) is 11.6 Å². The highest BCUT2D eigenvalue weighted by molar-refractivity contribution is 7.89. The summed E-state index contributed by atoms with van der Waals surface area (Å²) < 4.78 is 27.3. The van der Waals surface area contributed by atoms with Gasteiger partial charge in [-0.3, -0.25) is 14.5 Å². The van der Waals surface area contributed by atoms with Gasteiger partial charge in [-0.25, -0.2) is 8.42 Å². The second-order valence-corrected chi connectivity index (χ2v) is 10.3. The first-order chi connectivity index (χ1) is 14.7. The molecular weight excluding hydrogens is 438 g/mol. The van der Waals surface area contributed by atoms with Crippen molar-refractivity contribution in [2.45, 2.75) is 44.0 Å². The van der Waals surface area contributed by atoms with Crippen molar-refractivity contribution in [2.24, 2.45) is 0 Å². The Morgan fingerprint density at radius 2 is 1.81 bits per heavy atom. The average molecular weight is 462 g/mol. The number of nitrogens with one attached hydrogen (secondary N) is 1. The van der Waals surface area contributed by atoms with Crippen LogP contribution in [0.2, 0.25) is 5.02 Å². The number of nitrogens with zero attached hydrogens (tertiary/aromatic N) is 2. The van der Waals surface area contributed by atoms with Gasteiger partial charge in [0.25, 0.3) is 0 Å². The number of carbonyl (C=O) groups is 2. The number of benzene rings is 2. The van der Waals surface area contributed by atoms with Gasteiger partial charge in [-0.2, -0.15) is 4.31 Å². The number of hydrogen-bond donors (Lipinski definition) is 1. The predicted molar refractivity (Wildman–Crippen MR) is 120 cm³/mol. The van der Waals surface area contributed by atoms with E-state index in [2.05, 4.69) is 5.32 Å². The molecule has 1 atom stereocenters. The molecule has 164 valence electrons. The van der Waals surface area contributed by atoms with E-state index in [1.165, 1.54) is 22.2 Å². The van der Waals surface area contributed by atoms with Gasteiger partial charge in [-0.15, -0.1) is 0 Å². The molecule has 0 spiro atoms. The molecule has 1 unspecified atom stereocenters. The first-order valence-electron chi connectivity index (χ1n) is 10.2. The van der Waals surface area contributed by atoms with Crippen molar-refractivity contribution in [2.75, 3.05) is 23.3 Å². The minimum absolute atomic E-state index is 0.200. The first-order valence-corrected chi connectivity index (χ1v) is 12.0. The molecule has 2 aromatic carbocycles. The Bertz CT molecular complexity index is 1160. The Morgan fingerprint density at radius 3 is 2.45 bits per heavy atom. The number of carbonyl (C=O) groups excluding carboxylic acids is 2. The quantitative estimate of drug-likeness (QED) is 0.756. The molecule has 31 heavy (non-hydrogen) atoms. The lowest BCUT2D eigenvalue weighted by Crippen LogP contribution is -2.44. The summed E-state index contributed by atoms with van der Waals surface area (Å²) >= 11 is 5.99. The number of sulfonamides is 1. The molecule has 2 aromatic rings. The van der Waals surface area contributed by atoms with E-state index in [0.717, 1.165) is 18.4 Å². The third-order valence-corrected chi connectivity index (χ3v) is 7.96. The zero-order valence-electron chi connectivity index (χ0n) is 17.4. The molecular formula is C22H24ClN3O4S. The molecule has 4 rings (SSSR count). The van der Waals surface area contributed by atoms with E-state index in [-0.39, 0.29) is 23.1 Å². The van der Waals surface area contributed by atoms with Crippen LogP contribution < -0.4 is 10.2 Å². The maximum absolute atomic E-state index is 13.1. The van der Waals surface area contributed by atoms with Gasteiger partial charge in [0, 0.05) is 42.8 Å². The molecule has 9 heteroatoms. The topological polar surface area (TPSA) is 86.8 Å². The summed E-state index contributed by atoms with van der Waals surface area (Å²) in [6.45, 7) is 4.27. The molecule has 2 amide bonds. The lowest BCUT2D eigenvalue weighted by Gasteiger charge is -2.24. The van der Waals surface area contributed by atoms with Crippen LogP contribution in [0.25, 0.3) is 0 Å². The zero-order valence-corrected chi connectivity index (χ0v) is 19.0. The third kappa shape index (κ3) is 4.07. The summed E-state index contributed by atoms with van der Waals surface area (Å²) in [7, 11) is -3.58. The van der Waals surface area contributed by atoms with E-state index < -0.39 is 16.1 Å². The van der Waals surface area contributed by atoms with Gasteiger partial charge in [-0.1, -0.05) is 11.6 Å². The molecule has 0 aromatic heterocycles. The van der Waals surface area contributed by atoms with Crippen molar-refractivity contribution >= 4 is 44.8 Å². The van der Waals surface area contributed by atoms with Crippen LogP contribution in [0, 0.1) is 6.92 Å². The summed E-state index contributed by atoms with van der Waals surface area (Å²) in [4.78, 5) is 27.1. The number of amides is 2. The van der Waals surface area contributed by atoms with Crippen molar-refractivity contribution in [1.29, 1.82) is 0 Å². The summed E-state index contributed by atoms with van der Waals surface area (Å²) in [5, 5.41) is 3.44. The molecule has 1 fully saturated rings. The van der Waals surface area contributed by atoms with E-state index in [1.54, 1.807) is 30.3 Å². The van der Waals surface area contributed by atoms with Gasteiger partial charge < -0.3 is 5.32 Å². The fraction of sp³-hybridized carbons (Fsp3) is 0.364. The van der Waals surface area contributed by atoms with Crippen molar-refractivity contribution in [3.05, 3.63) is 52.5 Å². The zero-order chi connectivity index (χ0) is 22.3. The Kier molecular flexibility index (Phi) is 5.81. The normalized spacial score (nSPS) is 18.8. The van der Waals surface area contributed by atoms with E-state index >= 15 is 0 Å². The molecule has 7 nitrogen and oxygen atoms in total. The summed E-state index contributed by atoms with van der Waals surface area (Å²) in [5.41, 5.74) is 2.67. The van der Waals surface area contributed by atoms with Crippen LogP contribution in [0.15, 0.2) is 41.3 Å². The molecule has 0 bridgehead atoms. The molecule has 1 saturated heterocycles. The second kappa shape index (κ2) is 8.26. The minimum Gasteiger partial charge on any atom is -0.324 e. The predicted octanol–water partition coefficient (Wildman–Crippen LogP) is 3.35. The maximum atomic E-state index is 13.1. The summed E-state index contributed by atoms with van der Waals surface area (Å²) in [6, 6.07) is 9.14. The fourth-order valence-corrected chi connectivity index (χ4v) is 6.04. The third-order valence-electron chi connectivity index (χ3n) is 5.83. The van der Waals surface area contributed by atoms with Crippen molar-refractivity contribution in [3.8, 4) is 0 Å². The van der Waals surface area contributed by atoms with Gasteiger partial charge in [-0.05, 0) is 67.3 Å². The highest BCUT2D eigenvalue weighted by atomic mass is 35.5. The molecule has 0 aliphatic carbocycles. The number of hydrogen-bond acceptors (Lipinski definition) is 4. The maximum Gasteiger partial charge on any atom is 0.247 e. The lowest BCUT2D eigenvalue weighted by atomic mass is 10.1. The summed E-state index contributed by atoms with van der Waals surface area (Å²) in [5.74, 6) is -0.609. The van der Waals surface area contributed by atoms with Gasteiger partial charge in [0.15, 0.2) is 0 Å². The molecule has 0 saturated carbocycles. The second-order valence-electron chi connectivity index (χ2n) is 7.96. The summed E-state index contributed by atoms with van der Waals surface area (Å²) in [6.07, 6.45) is 1.96. The number of fused-ring (bicyclic) bond motifs is 1. The van der Waals surface area contributed by atoms with Crippen LogP contribution >= 0.6 is 11.6 Å². The number of aryl methyl sites for hydroxylation is 1. The fourth-order valence-electron chi connectivity index (χ4n) is 4.25. The molecule has 2 heterocycles. The van der Waals surface area contributed by atoms with Crippen LogP contribution in [-0.4, -0.2) is 43.7 Å². The van der Waals surface area contributed by atoms with Crippen LogP contribution in [-0.2, 0) is 26.0 Å². The van der Waals surface area contributed by atoms with E-state index in [1.807, 2.05) is 6.92 Å². The first kappa shape index (κ1) is 21.8. The molecule has 1 N–H and O–H groups in total. The number of rotatable bonds is 4. The number of anilines is 2. The van der Waals surface area contributed by atoms with Crippen LogP contribution in [0.4, 0.5) is 11.4 Å². The Morgan fingerprint density at radius 1 is 1.10 bits per heavy atom. The highest BCUT2D eigenvalue weighted by Gasteiger charge is 2.38. The van der Waals surface area contributed by atoms with Crippen LogP contribution in [0.5, 0.6) is 0 Å². The van der Waals surface area contributed by atoms with Crippen molar-refractivity contribution < 1.29 is 18.0 Å². The standard InChI is InChI=1S/C22H24ClN3O4S/c1-14-11-17(23)5-7-19(14)24-22(28)21-13-16-12-18(6-8-20(16)26(21)15(2)27)31(29,30)25-9-3-4-10-25/h5-8,11-12,21H,3-4,9-10,13H2,1-2H3,(H,24,28). The van der Waals surface area contributed by atoms with E-state index in [9.17, 15) is 18.0 Å². The van der Waals surface area contributed by atoms with Crippen molar-refractivity contribution in [3.63, 3.8) is 0 Å². The lowest BCUT2D eigenvalue weighted by molar-refractivity contribution is -0.122. The Labute approximate surface area is 187 Å². The van der Waals surface area contributed by atoms with Gasteiger partial charge in [0.1, 0.15) is 6.04 Å². The minimum atomic E-state index is -3.58. The number of halogens is 1. The van der Waals surface area contributed by atoms with Gasteiger partial charge >= 0.3 is 0 Å². The van der Waals surface area contributed by atoms with E-state index in [0.29, 0.717) is 35.1 Å². The average Bonchev–Trinajstić information content (AvgIpc) is 3.37. The molecule has 0 radical (unpaired) electrons. The molecule has 2 aliphatic heterocycles. The monoisotopic (exact) mass is 461 g/mol. The van der Waals surface area contributed by atoms with Crippen LogP contribution in [0.1, 0.15) is 30.9 Å². The van der Waals surface area contributed by atoms with Crippen molar-refractivity contribution in [1.82, 2.24) is 4.31 Å². The smallest absolute Gasteiger partial charge is 0.247 e. The Hall–Kier alpha value is -2.42. The van der Waals surface area contributed by atoms with Gasteiger partial charge in [0.05, 0.1) is 4.90 Å². The SMILES string of the molecule is CC(=O)N1c2ccc(S(=O)(=O)N3CCCC3)cc2CC1C(=O)Nc1ccc(Cl)cc1C. The largest absolute Gasteiger partial charge is 0.324 e. The van der Waals surface area contributed by atoms with Crippen LogP contribution in [0.3, 0.4) is 0 Å². The Balaban J connectivity index is 1.62. The van der Waals surface area contributed by atoms with Gasteiger partial charge in [0.2, 0.25) is 21.8 Å². The molecule has 2 aliphatic rings. The highest BCUT2D eigenvalue weighted by Crippen LogP contribution is 2.36.